The lowest BCUT2D eigenvalue weighted by atomic mass is 10.0. The van der Waals surface area contributed by atoms with Crippen LogP contribution in [0.1, 0.15) is 29.8 Å². The SMILES string of the molecule is CCNC(c1ccc(C)c(OC)c1)c1c(Br)cnn1C. The fourth-order valence-corrected chi connectivity index (χ4v) is 2.91. The van der Waals surface area contributed by atoms with E-state index in [4.69, 9.17) is 4.74 Å². The standard InChI is InChI=1S/C15H20BrN3O/c1-5-17-14(15-12(16)9-18-19(15)3)11-7-6-10(2)13(8-11)20-4/h6-9,14,17H,5H2,1-4H3. The maximum atomic E-state index is 5.43. The molecule has 0 aliphatic carbocycles. The van der Waals surface area contributed by atoms with Crippen LogP contribution in [0.15, 0.2) is 28.9 Å². The van der Waals surface area contributed by atoms with Crippen LogP contribution in [-0.4, -0.2) is 23.4 Å². The topological polar surface area (TPSA) is 39.1 Å². The van der Waals surface area contributed by atoms with Crippen molar-refractivity contribution in [2.75, 3.05) is 13.7 Å². The summed E-state index contributed by atoms with van der Waals surface area (Å²) in [6, 6.07) is 6.38. The van der Waals surface area contributed by atoms with Crippen molar-refractivity contribution in [1.29, 1.82) is 0 Å². The van der Waals surface area contributed by atoms with Crippen molar-refractivity contribution in [3.63, 3.8) is 0 Å². The van der Waals surface area contributed by atoms with Crippen LogP contribution in [-0.2, 0) is 7.05 Å². The Bertz CT molecular complexity index is 575. The van der Waals surface area contributed by atoms with Crippen LogP contribution in [0.25, 0.3) is 0 Å². The number of methoxy groups -OCH3 is 1. The van der Waals surface area contributed by atoms with E-state index in [0.29, 0.717) is 0 Å². The van der Waals surface area contributed by atoms with E-state index in [2.05, 4.69) is 51.5 Å². The van der Waals surface area contributed by atoms with Gasteiger partial charge in [0.2, 0.25) is 0 Å². The van der Waals surface area contributed by atoms with Crippen LogP contribution in [0, 0.1) is 6.92 Å². The first-order chi connectivity index (χ1) is 9.58. The minimum Gasteiger partial charge on any atom is -0.496 e. The van der Waals surface area contributed by atoms with Gasteiger partial charge in [-0.1, -0.05) is 19.1 Å². The number of hydrogen-bond acceptors (Lipinski definition) is 3. The van der Waals surface area contributed by atoms with Crippen LogP contribution in [0.5, 0.6) is 5.75 Å². The number of hydrogen-bond donors (Lipinski definition) is 1. The highest BCUT2D eigenvalue weighted by Crippen LogP contribution is 2.31. The average molecular weight is 338 g/mol. The molecule has 0 spiro atoms. The first-order valence-corrected chi connectivity index (χ1v) is 7.43. The summed E-state index contributed by atoms with van der Waals surface area (Å²) in [6.07, 6.45) is 1.82. The molecule has 1 atom stereocenters. The number of ether oxygens (including phenoxy) is 1. The van der Waals surface area contributed by atoms with Gasteiger partial charge in [0.15, 0.2) is 0 Å². The Morgan fingerprint density at radius 1 is 1.45 bits per heavy atom. The van der Waals surface area contributed by atoms with Crippen LogP contribution >= 0.6 is 15.9 Å². The third-order valence-corrected chi connectivity index (χ3v) is 4.00. The summed E-state index contributed by atoms with van der Waals surface area (Å²) >= 11 is 3.58. The van der Waals surface area contributed by atoms with Crippen molar-refractivity contribution in [1.82, 2.24) is 15.1 Å². The highest BCUT2D eigenvalue weighted by atomic mass is 79.9. The Kier molecular flexibility index (Phi) is 4.83. The van der Waals surface area contributed by atoms with E-state index in [0.717, 1.165) is 28.0 Å². The molecule has 0 amide bonds. The van der Waals surface area contributed by atoms with Gasteiger partial charge in [-0.25, -0.2) is 0 Å². The van der Waals surface area contributed by atoms with Gasteiger partial charge in [-0.3, -0.25) is 4.68 Å². The Morgan fingerprint density at radius 2 is 2.20 bits per heavy atom. The van der Waals surface area contributed by atoms with E-state index in [1.165, 1.54) is 5.56 Å². The Morgan fingerprint density at radius 3 is 2.75 bits per heavy atom. The van der Waals surface area contributed by atoms with E-state index in [-0.39, 0.29) is 6.04 Å². The lowest BCUT2D eigenvalue weighted by Gasteiger charge is -2.20. The molecular formula is C15H20BrN3O. The summed E-state index contributed by atoms with van der Waals surface area (Å²) in [7, 11) is 3.66. The molecule has 1 aromatic carbocycles. The fraction of sp³-hybridized carbons (Fsp3) is 0.400. The van der Waals surface area contributed by atoms with Gasteiger partial charge >= 0.3 is 0 Å². The van der Waals surface area contributed by atoms with Crippen molar-refractivity contribution in [2.45, 2.75) is 19.9 Å². The molecule has 2 aromatic rings. The van der Waals surface area contributed by atoms with Crippen molar-refractivity contribution in [3.05, 3.63) is 45.7 Å². The highest BCUT2D eigenvalue weighted by Gasteiger charge is 2.20. The first kappa shape index (κ1) is 15.1. The number of rotatable bonds is 5. The maximum absolute atomic E-state index is 5.43. The molecule has 0 radical (unpaired) electrons. The number of nitrogens with zero attached hydrogens (tertiary/aromatic N) is 2. The Balaban J connectivity index is 2.48. The first-order valence-electron chi connectivity index (χ1n) is 6.63. The van der Waals surface area contributed by atoms with Crippen molar-refractivity contribution >= 4 is 15.9 Å². The molecule has 4 nitrogen and oxygen atoms in total. The monoisotopic (exact) mass is 337 g/mol. The number of halogens is 1. The average Bonchev–Trinajstić information content (AvgIpc) is 2.77. The third-order valence-electron chi connectivity index (χ3n) is 3.38. The Labute approximate surface area is 128 Å². The lowest BCUT2D eigenvalue weighted by Crippen LogP contribution is -2.24. The second kappa shape index (κ2) is 6.41. The van der Waals surface area contributed by atoms with E-state index < -0.39 is 0 Å². The Hall–Kier alpha value is -1.33. The van der Waals surface area contributed by atoms with Gasteiger partial charge in [-0.2, -0.15) is 5.10 Å². The van der Waals surface area contributed by atoms with Gasteiger partial charge in [0.1, 0.15) is 5.75 Å². The van der Waals surface area contributed by atoms with Crippen LogP contribution in [0.2, 0.25) is 0 Å². The molecule has 0 bridgehead atoms. The summed E-state index contributed by atoms with van der Waals surface area (Å²) in [5, 5.41) is 7.81. The van der Waals surface area contributed by atoms with Gasteiger partial charge < -0.3 is 10.1 Å². The summed E-state index contributed by atoms with van der Waals surface area (Å²) in [5.74, 6) is 0.906. The molecule has 1 heterocycles. The maximum Gasteiger partial charge on any atom is 0.122 e. The number of benzene rings is 1. The van der Waals surface area contributed by atoms with Crippen molar-refractivity contribution in [3.8, 4) is 5.75 Å². The molecule has 0 fully saturated rings. The van der Waals surface area contributed by atoms with E-state index in [1.54, 1.807) is 7.11 Å². The molecule has 1 N–H and O–H groups in total. The summed E-state index contributed by atoms with van der Waals surface area (Å²) in [6.45, 7) is 5.02. The van der Waals surface area contributed by atoms with Gasteiger partial charge in [-0.05, 0) is 46.6 Å². The molecule has 0 aliphatic rings. The fourth-order valence-electron chi connectivity index (χ4n) is 2.34. The van der Waals surface area contributed by atoms with Crippen molar-refractivity contribution in [2.24, 2.45) is 7.05 Å². The molecular weight excluding hydrogens is 318 g/mol. The molecule has 5 heteroatoms. The molecule has 20 heavy (non-hydrogen) atoms. The predicted octanol–water partition coefficient (Wildman–Crippen LogP) is 3.20. The van der Waals surface area contributed by atoms with Gasteiger partial charge in [-0.15, -0.1) is 0 Å². The van der Waals surface area contributed by atoms with E-state index >= 15 is 0 Å². The van der Waals surface area contributed by atoms with Crippen LogP contribution < -0.4 is 10.1 Å². The smallest absolute Gasteiger partial charge is 0.122 e. The molecule has 0 saturated carbocycles. The number of nitrogens with one attached hydrogen (secondary N) is 1. The molecule has 108 valence electrons. The zero-order valence-electron chi connectivity index (χ0n) is 12.3. The highest BCUT2D eigenvalue weighted by molar-refractivity contribution is 9.10. The van der Waals surface area contributed by atoms with E-state index in [1.807, 2.05) is 24.9 Å². The number of aromatic nitrogens is 2. The summed E-state index contributed by atoms with van der Waals surface area (Å²) in [4.78, 5) is 0. The van der Waals surface area contributed by atoms with E-state index in [9.17, 15) is 0 Å². The quantitative estimate of drug-likeness (QED) is 0.910. The van der Waals surface area contributed by atoms with Gasteiger partial charge in [0, 0.05) is 7.05 Å². The lowest BCUT2D eigenvalue weighted by molar-refractivity contribution is 0.410. The predicted molar refractivity (Wildman–Crippen MR) is 84.2 cm³/mol. The van der Waals surface area contributed by atoms with Gasteiger partial charge in [0.25, 0.3) is 0 Å². The molecule has 1 aromatic heterocycles. The third kappa shape index (κ3) is 2.88. The second-order valence-corrected chi connectivity index (χ2v) is 5.58. The largest absolute Gasteiger partial charge is 0.496 e. The zero-order chi connectivity index (χ0) is 14.7. The van der Waals surface area contributed by atoms with Crippen molar-refractivity contribution < 1.29 is 4.74 Å². The minimum atomic E-state index is 0.0800. The van der Waals surface area contributed by atoms with Crippen LogP contribution in [0.4, 0.5) is 0 Å². The molecule has 0 saturated heterocycles. The summed E-state index contributed by atoms with van der Waals surface area (Å²) < 4.78 is 8.33. The van der Waals surface area contributed by atoms with Gasteiger partial charge in [0.05, 0.1) is 29.5 Å². The normalized spacial score (nSPS) is 12.4. The van der Waals surface area contributed by atoms with Crippen LogP contribution in [0.3, 0.4) is 0 Å². The minimum absolute atomic E-state index is 0.0800. The molecule has 2 rings (SSSR count). The zero-order valence-corrected chi connectivity index (χ0v) is 13.9. The molecule has 0 aliphatic heterocycles. The number of aryl methyl sites for hydroxylation is 2. The molecule has 1 unspecified atom stereocenters. The summed E-state index contributed by atoms with van der Waals surface area (Å²) in [5.41, 5.74) is 3.41. The second-order valence-electron chi connectivity index (χ2n) is 4.72.